The third-order valence-electron chi connectivity index (χ3n) is 3.02. The van der Waals surface area contributed by atoms with Crippen molar-refractivity contribution in [2.45, 2.75) is 33.0 Å². The minimum absolute atomic E-state index is 0.0319. The summed E-state index contributed by atoms with van der Waals surface area (Å²) in [5.74, 6) is -2.75. The van der Waals surface area contributed by atoms with Crippen LogP contribution in [0.25, 0.3) is 0 Å². The Kier molecular flexibility index (Phi) is 5.70. The van der Waals surface area contributed by atoms with E-state index in [-0.39, 0.29) is 13.2 Å². The van der Waals surface area contributed by atoms with Crippen LogP contribution in [0.4, 0.5) is 0 Å². The fraction of sp³-hybridized carbons (Fsp3) is 0.467. The van der Waals surface area contributed by atoms with E-state index in [0.717, 1.165) is 5.56 Å². The Balaban J connectivity index is 2.98. The number of carboxylic acids is 1. The Bertz CT molecular complexity index is 455. The fourth-order valence-corrected chi connectivity index (χ4v) is 1.87. The number of benzene rings is 1. The molecule has 1 aromatic rings. The van der Waals surface area contributed by atoms with Crippen LogP contribution in [-0.4, -0.2) is 29.3 Å². The van der Waals surface area contributed by atoms with Crippen molar-refractivity contribution >= 4 is 11.9 Å². The molecule has 0 unspecified atom stereocenters. The normalized spacial score (nSPS) is 13.8. The highest BCUT2D eigenvalue weighted by atomic mass is 16.6. The van der Waals surface area contributed by atoms with Crippen LogP contribution in [0.2, 0.25) is 0 Å². The first-order valence-corrected chi connectivity index (χ1v) is 6.53. The lowest BCUT2D eigenvalue weighted by molar-refractivity contribution is -0.196. The van der Waals surface area contributed by atoms with E-state index < -0.39 is 23.5 Å². The topological polar surface area (TPSA) is 72.8 Å². The van der Waals surface area contributed by atoms with E-state index in [9.17, 15) is 14.7 Å². The van der Waals surface area contributed by atoms with E-state index in [4.69, 9.17) is 9.47 Å². The third-order valence-corrected chi connectivity index (χ3v) is 3.02. The van der Waals surface area contributed by atoms with E-state index in [1.807, 2.05) is 18.2 Å². The molecule has 0 aliphatic rings. The minimum Gasteiger partial charge on any atom is -0.479 e. The molecule has 0 aliphatic heterocycles. The summed E-state index contributed by atoms with van der Waals surface area (Å²) in [5, 5.41) is 9.44. The first kappa shape index (κ1) is 16.2. The molecule has 0 radical (unpaired) electrons. The van der Waals surface area contributed by atoms with Crippen LogP contribution in [0, 0.1) is 5.92 Å². The molecule has 0 bridgehead atoms. The van der Waals surface area contributed by atoms with Crippen molar-refractivity contribution in [3.05, 3.63) is 35.9 Å². The van der Waals surface area contributed by atoms with Crippen molar-refractivity contribution in [2.75, 3.05) is 6.61 Å². The second kappa shape index (κ2) is 7.05. The van der Waals surface area contributed by atoms with Crippen molar-refractivity contribution < 1.29 is 24.2 Å². The van der Waals surface area contributed by atoms with Gasteiger partial charge in [-0.2, -0.15) is 0 Å². The van der Waals surface area contributed by atoms with Crippen molar-refractivity contribution in [1.82, 2.24) is 0 Å². The van der Waals surface area contributed by atoms with E-state index >= 15 is 0 Å². The molecular weight excluding hydrogens is 260 g/mol. The van der Waals surface area contributed by atoms with Gasteiger partial charge in [-0.25, -0.2) is 9.59 Å². The SMILES string of the molecule is CCOC(=O)[C@@](OCc1ccccc1)(C(=O)O)C(C)C. The molecule has 1 aromatic carbocycles. The van der Waals surface area contributed by atoms with E-state index in [0.29, 0.717) is 0 Å². The molecule has 110 valence electrons. The van der Waals surface area contributed by atoms with E-state index in [1.165, 1.54) is 0 Å². The second-order valence-corrected chi connectivity index (χ2v) is 4.69. The van der Waals surface area contributed by atoms with Gasteiger partial charge < -0.3 is 14.6 Å². The highest BCUT2D eigenvalue weighted by Crippen LogP contribution is 2.26. The molecule has 5 heteroatoms. The highest BCUT2D eigenvalue weighted by Gasteiger charge is 2.52. The molecule has 0 amide bonds. The monoisotopic (exact) mass is 280 g/mol. The maximum atomic E-state index is 12.0. The Morgan fingerprint density at radius 2 is 1.85 bits per heavy atom. The van der Waals surface area contributed by atoms with Gasteiger partial charge >= 0.3 is 11.9 Å². The summed E-state index contributed by atoms with van der Waals surface area (Å²) in [4.78, 5) is 23.6. The minimum atomic E-state index is -1.98. The lowest BCUT2D eigenvalue weighted by Gasteiger charge is -2.30. The van der Waals surface area contributed by atoms with Crippen molar-refractivity contribution in [3.63, 3.8) is 0 Å². The van der Waals surface area contributed by atoms with Crippen molar-refractivity contribution in [2.24, 2.45) is 5.92 Å². The van der Waals surface area contributed by atoms with E-state index in [1.54, 1.807) is 32.9 Å². The molecule has 0 saturated carbocycles. The zero-order valence-electron chi connectivity index (χ0n) is 12.0. The molecule has 0 aliphatic carbocycles. The molecule has 0 fully saturated rings. The quantitative estimate of drug-likeness (QED) is 0.612. The lowest BCUT2D eigenvalue weighted by Crippen LogP contribution is -2.54. The molecule has 0 aromatic heterocycles. The summed E-state index contributed by atoms with van der Waals surface area (Å²) in [5.41, 5.74) is -1.19. The van der Waals surface area contributed by atoms with Crippen LogP contribution in [0.3, 0.4) is 0 Å². The predicted molar refractivity (Wildman–Crippen MR) is 73.1 cm³/mol. The van der Waals surface area contributed by atoms with Gasteiger partial charge in [0.2, 0.25) is 0 Å². The van der Waals surface area contributed by atoms with Gasteiger partial charge in [0.25, 0.3) is 5.60 Å². The maximum absolute atomic E-state index is 12.0. The number of carbonyl (C=O) groups is 2. The van der Waals surface area contributed by atoms with Gasteiger partial charge in [-0.3, -0.25) is 0 Å². The number of hydrogen-bond acceptors (Lipinski definition) is 4. The summed E-state index contributed by atoms with van der Waals surface area (Å²) in [6, 6.07) is 9.10. The summed E-state index contributed by atoms with van der Waals surface area (Å²) >= 11 is 0. The summed E-state index contributed by atoms with van der Waals surface area (Å²) in [7, 11) is 0. The molecule has 20 heavy (non-hydrogen) atoms. The number of carboxylic acid groups (broad SMARTS) is 1. The van der Waals surface area contributed by atoms with Gasteiger partial charge in [0, 0.05) is 5.92 Å². The number of rotatable bonds is 7. The highest BCUT2D eigenvalue weighted by molar-refractivity contribution is 6.03. The van der Waals surface area contributed by atoms with Gasteiger partial charge in [-0.05, 0) is 12.5 Å². The zero-order chi connectivity index (χ0) is 15.2. The summed E-state index contributed by atoms with van der Waals surface area (Å²) in [6.45, 7) is 5.01. The average Bonchev–Trinajstić information content (AvgIpc) is 2.40. The molecular formula is C15H20O5. The second-order valence-electron chi connectivity index (χ2n) is 4.69. The van der Waals surface area contributed by atoms with Gasteiger partial charge in [0.15, 0.2) is 0 Å². The van der Waals surface area contributed by atoms with Gasteiger partial charge in [0.1, 0.15) is 0 Å². The number of esters is 1. The smallest absolute Gasteiger partial charge is 0.350 e. The van der Waals surface area contributed by atoms with Crippen LogP contribution in [0.15, 0.2) is 30.3 Å². The lowest BCUT2D eigenvalue weighted by atomic mass is 9.90. The molecule has 0 heterocycles. The fourth-order valence-electron chi connectivity index (χ4n) is 1.87. The first-order valence-electron chi connectivity index (χ1n) is 6.53. The maximum Gasteiger partial charge on any atom is 0.350 e. The molecule has 1 atom stereocenters. The Labute approximate surface area is 118 Å². The zero-order valence-corrected chi connectivity index (χ0v) is 12.0. The number of aliphatic carboxylic acids is 1. The molecule has 1 rings (SSSR count). The van der Waals surface area contributed by atoms with E-state index in [2.05, 4.69) is 0 Å². The summed E-state index contributed by atoms with van der Waals surface area (Å²) in [6.07, 6.45) is 0. The van der Waals surface area contributed by atoms with Crippen LogP contribution in [0.5, 0.6) is 0 Å². The third kappa shape index (κ3) is 3.36. The Morgan fingerprint density at radius 1 is 1.25 bits per heavy atom. The molecule has 0 saturated heterocycles. The van der Waals surface area contributed by atoms with Gasteiger partial charge in [-0.1, -0.05) is 44.2 Å². The van der Waals surface area contributed by atoms with Crippen LogP contribution < -0.4 is 0 Å². The Morgan fingerprint density at radius 3 is 2.30 bits per heavy atom. The van der Waals surface area contributed by atoms with Crippen molar-refractivity contribution in [3.8, 4) is 0 Å². The average molecular weight is 280 g/mol. The standard InChI is InChI=1S/C15H20O5/c1-4-19-14(18)15(11(2)3,13(16)17)20-10-12-8-6-5-7-9-12/h5-9,11H,4,10H2,1-3H3,(H,16,17)/t15-/m0/s1. The molecule has 0 spiro atoms. The van der Waals surface area contributed by atoms with Crippen molar-refractivity contribution in [1.29, 1.82) is 0 Å². The molecule has 5 nitrogen and oxygen atoms in total. The van der Waals surface area contributed by atoms with Crippen LogP contribution in [-0.2, 0) is 25.7 Å². The number of carbonyl (C=O) groups excluding carboxylic acids is 1. The van der Waals surface area contributed by atoms with Gasteiger partial charge in [0.05, 0.1) is 13.2 Å². The molecule has 1 N–H and O–H groups in total. The van der Waals surface area contributed by atoms with Crippen LogP contribution in [0.1, 0.15) is 26.3 Å². The number of ether oxygens (including phenoxy) is 2. The number of hydrogen-bond donors (Lipinski definition) is 1. The predicted octanol–water partition coefficient (Wildman–Crippen LogP) is 2.25. The Hall–Kier alpha value is -1.88. The van der Waals surface area contributed by atoms with Gasteiger partial charge in [-0.15, -0.1) is 0 Å². The van der Waals surface area contributed by atoms with Crippen LogP contribution >= 0.6 is 0 Å². The first-order chi connectivity index (χ1) is 9.45. The largest absolute Gasteiger partial charge is 0.479 e. The summed E-state index contributed by atoms with van der Waals surface area (Å²) < 4.78 is 10.4.